The van der Waals surface area contributed by atoms with Crippen molar-refractivity contribution < 1.29 is 55.2 Å². The molecule has 0 amide bonds. The number of aromatic nitrogens is 2. The number of aromatic amines is 1. The van der Waals surface area contributed by atoms with Crippen LogP contribution in [0.5, 0.6) is 23.0 Å². The Morgan fingerprint density at radius 1 is 0.878 bits per heavy atom. The third-order valence-corrected chi connectivity index (χ3v) is 5.40. The minimum absolute atomic E-state index is 0.276. The number of benzene rings is 3. The predicted octanol–water partition coefficient (Wildman–Crippen LogP) is 6.81. The van der Waals surface area contributed by atoms with Crippen molar-refractivity contribution in [2.45, 2.75) is 25.8 Å². The van der Waals surface area contributed by atoms with Crippen LogP contribution in [0.25, 0.3) is 11.4 Å². The van der Waals surface area contributed by atoms with E-state index in [0.29, 0.717) is 33.9 Å². The highest BCUT2D eigenvalue weighted by Gasteiger charge is 2.32. The molecule has 1 heterocycles. The van der Waals surface area contributed by atoms with Crippen LogP contribution in [0.4, 0.5) is 26.3 Å². The average Bonchev–Trinajstić information content (AvgIpc) is 3.36. The zero-order valence-electron chi connectivity index (χ0n) is 20.9. The number of carbonyl (C=O) groups is 1. The van der Waals surface area contributed by atoms with E-state index < -0.39 is 42.9 Å². The van der Waals surface area contributed by atoms with Gasteiger partial charge >= 0.3 is 18.7 Å². The molecule has 1 unspecified atom stereocenters. The van der Waals surface area contributed by atoms with Crippen molar-refractivity contribution in [1.82, 2.24) is 9.97 Å². The normalized spacial score (nSPS) is 12.5. The summed E-state index contributed by atoms with van der Waals surface area (Å²) in [5.41, 5.74) is 1.67. The van der Waals surface area contributed by atoms with Crippen LogP contribution in [-0.4, -0.2) is 40.4 Å². The lowest BCUT2D eigenvalue weighted by atomic mass is 10.1. The lowest BCUT2D eigenvalue weighted by Crippen LogP contribution is -2.17. The van der Waals surface area contributed by atoms with Gasteiger partial charge in [-0.05, 0) is 72.6 Å². The Hall–Kier alpha value is -4.88. The van der Waals surface area contributed by atoms with Crippen molar-refractivity contribution in [3.8, 4) is 34.4 Å². The summed E-state index contributed by atoms with van der Waals surface area (Å²) in [6, 6.07) is 14.5. The lowest BCUT2D eigenvalue weighted by Gasteiger charge is -2.19. The van der Waals surface area contributed by atoms with Crippen LogP contribution < -0.4 is 18.9 Å². The molecule has 0 spiro atoms. The summed E-state index contributed by atoms with van der Waals surface area (Å²) in [7, 11) is 0. The van der Waals surface area contributed by atoms with Gasteiger partial charge in [-0.15, -0.1) is 26.3 Å². The standard InChI is InChI=1S/C27H20F6N2O6/c1-15-12-20(10-11-22(15)38-14-23(36)37)39-24(16-2-6-18(7-3-16)40-26(28,29)30)21-13-34-25(35-21)17-4-8-19(9-5-17)41-27(31,32)33/h2-13,24H,14H2,1H3,(H,34,35)(H,36,37). The first-order chi connectivity index (χ1) is 19.3. The largest absolute Gasteiger partial charge is 0.573 e. The zero-order chi connectivity index (χ0) is 29.8. The first kappa shape index (κ1) is 29.1. The Bertz CT molecular complexity index is 1480. The number of H-pyrrole nitrogens is 1. The topological polar surface area (TPSA) is 103 Å². The summed E-state index contributed by atoms with van der Waals surface area (Å²) in [6.07, 6.45) is -9.20. The van der Waals surface area contributed by atoms with Crippen LogP contribution in [0.2, 0.25) is 0 Å². The molecule has 1 atom stereocenters. The number of alkyl halides is 6. The number of ether oxygens (including phenoxy) is 4. The molecule has 0 radical (unpaired) electrons. The number of nitrogens with one attached hydrogen (secondary N) is 1. The maximum atomic E-state index is 12.6. The Morgan fingerprint density at radius 2 is 1.44 bits per heavy atom. The molecule has 0 saturated carbocycles. The number of aliphatic carboxylic acids is 1. The van der Waals surface area contributed by atoms with E-state index in [0.717, 1.165) is 24.3 Å². The second kappa shape index (κ2) is 11.7. The molecule has 4 rings (SSSR count). The van der Waals surface area contributed by atoms with Crippen LogP contribution in [-0.2, 0) is 4.79 Å². The molecule has 0 aliphatic heterocycles. The molecule has 0 bridgehead atoms. The SMILES string of the molecule is Cc1cc(OC(c2ccc(OC(F)(F)F)cc2)c2c[nH]c(-c3ccc(OC(F)(F)F)cc3)n2)ccc1OCC(=O)O. The number of rotatable bonds is 10. The Labute approximate surface area is 228 Å². The van der Waals surface area contributed by atoms with E-state index in [2.05, 4.69) is 19.4 Å². The monoisotopic (exact) mass is 582 g/mol. The van der Waals surface area contributed by atoms with Crippen molar-refractivity contribution in [2.24, 2.45) is 0 Å². The molecular formula is C27H20F6N2O6. The Balaban J connectivity index is 1.63. The third-order valence-electron chi connectivity index (χ3n) is 5.40. The van der Waals surface area contributed by atoms with Gasteiger partial charge in [-0.3, -0.25) is 0 Å². The van der Waals surface area contributed by atoms with Crippen molar-refractivity contribution in [3.05, 3.63) is 89.7 Å². The Kier molecular flexibility index (Phi) is 8.31. The van der Waals surface area contributed by atoms with Crippen molar-refractivity contribution in [2.75, 3.05) is 6.61 Å². The van der Waals surface area contributed by atoms with Crippen molar-refractivity contribution in [3.63, 3.8) is 0 Å². The fourth-order valence-corrected chi connectivity index (χ4v) is 3.71. The van der Waals surface area contributed by atoms with Gasteiger partial charge in [-0.2, -0.15) is 0 Å². The number of halogens is 6. The molecule has 0 fully saturated rings. The molecule has 0 aliphatic carbocycles. The molecule has 1 aromatic heterocycles. The fourth-order valence-electron chi connectivity index (χ4n) is 3.71. The summed E-state index contributed by atoms with van der Waals surface area (Å²) in [5.74, 6) is -1.12. The van der Waals surface area contributed by atoms with Crippen LogP contribution in [0.15, 0.2) is 72.9 Å². The van der Waals surface area contributed by atoms with Crippen LogP contribution >= 0.6 is 0 Å². The quantitative estimate of drug-likeness (QED) is 0.198. The van der Waals surface area contributed by atoms with Gasteiger partial charge in [-0.1, -0.05) is 12.1 Å². The van der Waals surface area contributed by atoms with Crippen LogP contribution in [0, 0.1) is 6.92 Å². The summed E-state index contributed by atoms with van der Waals surface area (Å²) in [4.78, 5) is 18.2. The predicted molar refractivity (Wildman–Crippen MR) is 131 cm³/mol. The summed E-state index contributed by atoms with van der Waals surface area (Å²) in [5, 5.41) is 8.83. The number of imidazole rings is 1. The van der Waals surface area contributed by atoms with E-state index in [1.165, 1.54) is 42.6 Å². The highest BCUT2D eigenvalue weighted by Crippen LogP contribution is 2.33. The highest BCUT2D eigenvalue weighted by molar-refractivity contribution is 5.68. The van der Waals surface area contributed by atoms with Gasteiger partial charge in [0.1, 0.15) is 34.5 Å². The number of aryl methyl sites for hydroxylation is 1. The second-order valence-electron chi connectivity index (χ2n) is 8.47. The number of hydrogen-bond acceptors (Lipinski definition) is 6. The lowest BCUT2D eigenvalue weighted by molar-refractivity contribution is -0.275. The van der Waals surface area contributed by atoms with E-state index in [-0.39, 0.29) is 5.82 Å². The molecule has 216 valence electrons. The molecule has 3 aromatic carbocycles. The van der Waals surface area contributed by atoms with Gasteiger partial charge < -0.3 is 29.0 Å². The van der Waals surface area contributed by atoms with Crippen molar-refractivity contribution in [1.29, 1.82) is 0 Å². The van der Waals surface area contributed by atoms with E-state index >= 15 is 0 Å². The maximum absolute atomic E-state index is 12.6. The smallest absolute Gasteiger partial charge is 0.482 e. The Morgan fingerprint density at radius 3 is 1.98 bits per heavy atom. The zero-order valence-corrected chi connectivity index (χ0v) is 20.9. The van der Waals surface area contributed by atoms with Gasteiger partial charge in [0.05, 0.1) is 0 Å². The third kappa shape index (κ3) is 8.30. The van der Waals surface area contributed by atoms with Gasteiger partial charge in [0.15, 0.2) is 12.7 Å². The average molecular weight is 582 g/mol. The van der Waals surface area contributed by atoms with E-state index in [9.17, 15) is 31.1 Å². The molecule has 14 heteroatoms. The van der Waals surface area contributed by atoms with Crippen LogP contribution in [0.1, 0.15) is 22.9 Å². The van der Waals surface area contributed by atoms with Crippen molar-refractivity contribution >= 4 is 5.97 Å². The van der Waals surface area contributed by atoms with E-state index in [1.807, 2.05) is 0 Å². The minimum Gasteiger partial charge on any atom is -0.482 e. The number of hydrogen-bond donors (Lipinski definition) is 2. The minimum atomic E-state index is -4.88. The number of carboxylic acid groups (broad SMARTS) is 1. The molecule has 0 saturated heterocycles. The maximum Gasteiger partial charge on any atom is 0.573 e. The molecule has 2 N–H and O–H groups in total. The molecule has 0 aliphatic rings. The first-order valence-corrected chi connectivity index (χ1v) is 11.6. The van der Waals surface area contributed by atoms with E-state index in [1.54, 1.807) is 13.0 Å². The molecule has 4 aromatic rings. The van der Waals surface area contributed by atoms with Gasteiger partial charge in [0.25, 0.3) is 0 Å². The fraction of sp³-hybridized carbons (Fsp3) is 0.185. The highest BCUT2D eigenvalue weighted by atomic mass is 19.4. The molecule has 41 heavy (non-hydrogen) atoms. The summed E-state index contributed by atoms with van der Waals surface area (Å²) >= 11 is 0. The summed E-state index contributed by atoms with van der Waals surface area (Å²) < 4.78 is 94.5. The summed E-state index contributed by atoms with van der Waals surface area (Å²) in [6.45, 7) is 1.12. The van der Waals surface area contributed by atoms with Gasteiger partial charge in [0, 0.05) is 11.8 Å². The van der Waals surface area contributed by atoms with Gasteiger partial charge in [0.2, 0.25) is 0 Å². The first-order valence-electron chi connectivity index (χ1n) is 11.6. The number of carboxylic acids is 1. The second-order valence-corrected chi connectivity index (χ2v) is 8.47. The van der Waals surface area contributed by atoms with Crippen LogP contribution in [0.3, 0.4) is 0 Å². The molecular weight excluding hydrogens is 562 g/mol. The molecule has 8 nitrogen and oxygen atoms in total. The van der Waals surface area contributed by atoms with Gasteiger partial charge in [-0.25, -0.2) is 9.78 Å². The number of nitrogens with zero attached hydrogens (tertiary/aromatic N) is 1. The van der Waals surface area contributed by atoms with E-state index in [4.69, 9.17) is 14.6 Å².